The Morgan fingerprint density at radius 1 is 1.42 bits per heavy atom. The lowest BCUT2D eigenvalue weighted by Gasteiger charge is -2.18. The van der Waals surface area contributed by atoms with E-state index in [1.54, 1.807) is 0 Å². The molecule has 0 bridgehead atoms. The first-order valence-corrected chi connectivity index (χ1v) is 7.36. The summed E-state index contributed by atoms with van der Waals surface area (Å²) in [4.78, 5) is 25.6. The standard InChI is InChI=1S/C13H9Cl3N4O4/c1-6(21)19(16)18-12-8(2-3-10(13(12)22)20(23)24)11-9(15)4-7(14)5-17-11/h2-5,18,22H,1H3. The van der Waals surface area contributed by atoms with E-state index in [-0.39, 0.29) is 27.0 Å². The number of aromatic nitrogens is 1. The molecule has 0 aliphatic heterocycles. The molecule has 2 rings (SSSR count). The monoisotopic (exact) mass is 390 g/mol. The fourth-order valence-electron chi connectivity index (χ4n) is 1.83. The molecule has 11 heteroatoms. The normalized spacial score (nSPS) is 10.3. The first-order chi connectivity index (χ1) is 11.2. The number of amides is 1. The van der Waals surface area contributed by atoms with Crippen molar-refractivity contribution >= 4 is 52.3 Å². The Morgan fingerprint density at radius 3 is 2.62 bits per heavy atom. The average molecular weight is 392 g/mol. The zero-order chi connectivity index (χ0) is 18.0. The largest absolute Gasteiger partial charge is 0.501 e. The molecule has 0 unspecified atom stereocenters. The molecule has 0 aliphatic carbocycles. The van der Waals surface area contributed by atoms with Crippen LogP contribution in [0.5, 0.6) is 5.75 Å². The summed E-state index contributed by atoms with van der Waals surface area (Å²) < 4.78 is 0.534. The van der Waals surface area contributed by atoms with Crippen molar-refractivity contribution in [3.8, 4) is 17.0 Å². The minimum Gasteiger partial charge on any atom is -0.501 e. The van der Waals surface area contributed by atoms with Gasteiger partial charge in [0.2, 0.25) is 5.75 Å². The molecule has 0 radical (unpaired) electrons. The highest BCUT2D eigenvalue weighted by molar-refractivity contribution is 6.36. The molecule has 0 saturated carbocycles. The summed E-state index contributed by atoms with van der Waals surface area (Å²) >= 11 is 17.6. The maximum absolute atomic E-state index is 11.3. The van der Waals surface area contributed by atoms with E-state index in [1.807, 2.05) is 0 Å². The molecule has 1 heterocycles. The number of nitro benzene ring substituents is 1. The summed E-state index contributed by atoms with van der Waals surface area (Å²) in [5.41, 5.74) is 1.96. The van der Waals surface area contributed by atoms with E-state index in [9.17, 15) is 20.0 Å². The zero-order valence-electron chi connectivity index (χ0n) is 12.0. The van der Waals surface area contributed by atoms with Crippen molar-refractivity contribution in [1.82, 2.24) is 9.51 Å². The van der Waals surface area contributed by atoms with Gasteiger partial charge in [0.1, 0.15) is 5.69 Å². The number of phenols is 1. The number of nitrogens with zero attached hydrogens (tertiary/aromatic N) is 3. The third-order valence-corrected chi connectivity index (χ3v) is 3.72. The van der Waals surface area contributed by atoms with Crippen molar-refractivity contribution in [3.63, 3.8) is 0 Å². The fraction of sp³-hybridized carbons (Fsp3) is 0.0769. The first kappa shape index (κ1) is 18.1. The van der Waals surface area contributed by atoms with Gasteiger partial charge >= 0.3 is 5.69 Å². The number of anilines is 1. The molecular formula is C13H9Cl3N4O4. The number of benzene rings is 1. The highest BCUT2D eigenvalue weighted by atomic mass is 35.5. The maximum Gasteiger partial charge on any atom is 0.313 e. The third kappa shape index (κ3) is 3.61. The maximum atomic E-state index is 11.3. The lowest BCUT2D eigenvalue weighted by atomic mass is 10.1. The molecule has 0 fully saturated rings. The molecule has 0 spiro atoms. The second-order valence-electron chi connectivity index (χ2n) is 4.51. The highest BCUT2D eigenvalue weighted by Gasteiger charge is 2.24. The fourth-order valence-corrected chi connectivity index (χ4v) is 2.39. The second kappa shape index (κ2) is 7.08. The number of carbonyl (C=O) groups excluding carboxylic acids is 1. The van der Waals surface area contributed by atoms with Crippen LogP contribution in [0.1, 0.15) is 6.92 Å². The Balaban J connectivity index is 2.68. The lowest BCUT2D eigenvalue weighted by Crippen LogP contribution is -2.25. The molecule has 2 N–H and O–H groups in total. The van der Waals surface area contributed by atoms with Crippen molar-refractivity contribution in [2.24, 2.45) is 0 Å². The van der Waals surface area contributed by atoms with Crippen molar-refractivity contribution in [3.05, 3.63) is 44.6 Å². The average Bonchev–Trinajstić information content (AvgIpc) is 2.49. The SMILES string of the molecule is CC(=O)N(Cl)Nc1c(-c2ncc(Cl)cc2Cl)ccc([N+](=O)[O-])c1O. The van der Waals surface area contributed by atoms with Crippen molar-refractivity contribution < 1.29 is 14.8 Å². The van der Waals surface area contributed by atoms with Gasteiger partial charge in [-0.15, -0.1) is 0 Å². The Kier molecular flexibility index (Phi) is 5.33. The molecule has 8 nitrogen and oxygen atoms in total. The number of hydrazine groups is 1. The number of pyridine rings is 1. The minimum absolute atomic E-state index is 0.141. The second-order valence-corrected chi connectivity index (χ2v) is 5.69. The highest BCUT2D eigenvalue weighted by Crippen LogP contribution is 2.43. The number of nitro groups is 1. The van der Waals surface area contributed by atoms with Crippen molar-refractivity contribution in [1.29, 1.82) is 0 Å². The molecule has 2 aromatic rings. The van der Waals surface area contributed by atoms with Gasteiger partial charge in [0, 0.05) is 36.5 Å². The van der Waals surface area contributed by atoms with Gasteiger partial charge in [-0.25, -0.2) is 0 Å². The number of phenolic OH excluding ortho intramolecular Hbond substituents is 1. The first-order valence-electron chi connectivity index (χ1n) is 6.27. The van der Waals surface area contributed by atoms with Crippen LogP contribution in [0.25, 0.3) is 11.3 Å². The number of aromatic hydroxyl groups is 1. The van der Waals surface area contributed by atoms with Crippen molar-refractivity contribution in [2.75, 3.05) is 5.43 Å². The van der Waals surface area contributed by atoms with Crippen LogP contribution in [0.2, 0.25) is 10.0 Å². The van der Waals surface area contributed by atoms with Gasteiger partial charge in [-0.05, 0) is 12.1 Å². The smallest absolute Gasteiger partial charge is 0.313 e. The summed E-state index contributed by atoms with van der Waals surface area (Å²) in [7, 11) is 0. The van der Waals surface area contributed by atoms with Crippen LogP contribution in [-0.4, -0.2) is 25.4 Å². The van der Waals surface area contributed by atoms with Gasteiger partial charge in [-0.3, -0.25) is 25.3 Å². The van der Waals surface area contributed by atoms with Crippen molar-refractivity contribution in [2.45, 2.75) is 6.92 Å². The Morgan fingerprint density at radius 2 is 2.08 bits per heavy atom. The molecule has 1 amide bonds. The predicted molar refractivity (Wildman–Crippen MR) is 90.0 cm³/mol. The van der Waals surface area contributed by atoms with Crippen LogP contribution in [-0.2, 0) is 4.79 Å². The van der Waals surface area contributed by atoms with Gasteiger partial charge in [0.25, 0.3) is 5.91 Å². The molecule has 24 heavy (non-hydrogen) atoms. The van der Waals surface area contributed by atoms with Gasteiger partial charge < -0.3 is 5.11 Å². The molecule has 1 aromatic carbocycles. The molecular weight excluding hydrogens is 383 g/mol. The van der Waals surface area contributed by atoms with E-state index >= 15 is 0 Å². The van der Waals surface area contributed by atoms with Gasteiger partial charge in [0.05, 0.1) is 20.7 Å². The van der Waals surface area contributed by atoms with Crippen LogP contribution in [0.15, 0.2) is 24.4 Å². The van der Waals surface area contributed by atoms with E-state index in [1.165, 1.54) is 18.3 Å². The van der Waals surface area contributed by atoms with E-state index in [0.717, 1.165) is 13.0 Å². The number of carbonyl (C=O) groups is 1. The number of hydrogen-bond donors (Lipinski definition) is 2. The van der Waals surface area contributed by atoms with Gasteiger partial charge in [0.15, 0.2) is 0 Å². The van der Waals surface area contributed by atoms with Crippen LogP contribution in [0.4, 0.5) is 11.4 Å². The van der Waals surface area contributed by atoms with E-state index < -0.39 is 22.3 Å². The number of halogens is 3. The Labute approximate surface area is 150 Å². The quantitative estimate of drug-likeness (QED) is 0.353. The predicted octanol–water partition coefficient (Wildman–Crippen LogP) is 4.00. The number of hydrogen-bond acceptors (Lipinski definition) is 6. The Hall–Kier alpha value is -2.29. The minimum atomic E-state index is -0.784. The zero-order valence-corrected chi connectivity index (χ0v) is 14.2. The third-order valence-electron chi connectivity index (χ3n) is 2.90. The van der Waals surface area contributed by atoms with E-state index in [4.69, 9.17) is 35.0 Å². The summed E-state index contributed by atoms with van der Waals surface area (Å²) in [6, 6.07) is 3.80. The number of rotatable bonds is 4. The molecule has 1 aromatic heterocycles. The lowest BCUT2D eigenvalue weighted by molar-refractivity contribution is -0.385. The number of nitrogens with one attached hydrogen (secondary N) is 1. The van der Waals surface area contributed by atoms with Gasteiger partial charge in [-0.2, -0.15) is 4.53 Å². The summed E-state index contributed by atoms with van der Waals surface area (Å²) in [6.07, 6.45) is 1.31. The van der Waals surface area contributed by atoms with Crippen LogP contribution >= 0.6 is 35.0 Å². The van der Waals surface area contributed by atoms with Gasteiger partial charge in [-0.1, -0.05) is 23.2 Å². The van der Waals surface area contributed by atoms with E-state index in [2.05, 4.69) is 10.4 Å². The molecule has 0 atom stereocenters. The Bertz CT molecular complexity index is 831. The van der Waals surface area contributed by atoms with Crippen LogP contribution in [0.3, 0.4) is 0 Å². The summed E-state index contributed by atoms with van der Waals surface area (Å²) in [5.74, 6) is -1.33. The van der Waals surface area contributed by atoms with Crippen LogP contribution in [0, 0.1) is 10.1 Å². The summed E-state index contributed by atoms with van der Waals surface area (Å²) in [6.45, 7) is 1.15. The summed E-state index contributed by atoms with van der Waals surface area (Å²) in [5, 5.41) is 21.6. The molecule has 0 aliphatic rings. The van der Waals surface area contributed by atoms with Crippen LogP contribution < -0.4 is 5.43 Å². The molecule has 0 saturated heterocycles. The molecule has 126 valence electrons. The topological polar surface area (TPSA) is 109 Å². The van der Waals surface area contributed by atoms with E-state index in [0.29, 0.717) is 4.53 Å².